The molecule has 0 spiro atoms. The van der Waals surface area contributed by atoms with Crippen molar-refractivity contribution in [3.05, 3.63) is 34.6 Å². The number of thiazole rings is 1. The van der Waals surface area contributed by atoms with Crippen molar-refractivity contribution in [3.8, 4) is 0 Å². The summed E-state index contributed by atoms with van der Waals surface area (Å²) in [5.74, 6) is -0.154. The van der Waals surface area contributed by atoms with Gasteiger partial charge in [0.05, 0.1) is 23.1 Å². The molecule has 6 heteroatoms. The smallest absolute Gasteiger partial charge is 0.259 e. The second kappa shape index (κ2) is 4.97. The minimum Gasteiger partial charge on any atom is -0.386 e. The molecule has 0 unspecified atom stereocenters. The molecule has 0 fully saturated rings. The van der Waals surface area contributed by atoms with Gasteiger partial charge in [-0.15, -0.1) is 11.3 Å². The van der Waals surface area contributed by atoms with Crippen LogP contribution in [0.4, 0.5) is 10.8 Å². The van der Waals surface area contributed by atoms with Crippen LogP contribution in [0, 0.1) is 0 Å². The van der Waals surface area contributed by atoms with Gasteiger partial charge in [0.2, 0.25) is 0 Å². The topological polar surface area (TPSA) is 66.9 Å². The fourth-order valence-electron chi connectivity index (χ4n) is 2.20. The van der Waals surface area contributed by atoms with Crippen LogP contribution in [0.15, 0.2) is 18.5 Å². The van der Waals surface area contributed by atoms with Crippen molar-refractivity contribution >= 4 is 28.1 Å². The molecule has 3 rings (SSSR count). The number of nitrogens with one attached hydrogen (secondary N) is 2. The van der Waals surface area contributed by atoms with Gasteiger partial charge in [0.1, 0.15) is 0 Å². The fourth-order valence-corrected chi connectivity index (χ4v) is 3.24. The Hall–Kier alpha value is -1.95. The van der Waals surface area contributed by atoms with E-state index < -0.39 is 0 Å². The van der Waals surface area contributed by atoms with E-state index in [1.807, 2.05) is 0 Å². The zero-order chi connectivity index (χ0) is 13.2. The third-order valence-electron chi connectivity index (χ3n) is 3.15. The highest BCUT2D eigenvalue weighted by atomic mass is 32.1. The van der Waals surface area contributed by atoms with E-state index in [2.05, 4.69) is 20.6 Å². The number of amides is 1. The second-order valence-electron chi connectivity index (χ2n) is 4.37. The highest BCUT2D eigenvalue weighted by molar-refractivity contribution is 7.16. The van der Waals surface area contributed by atoms with E-state index in [9.17, 15) is 4.79 Å². The molecule has 2 N–H and O–H groups in total. The Morgan fingerprint density at radius 2 is 2.32 bits per heavy atom. The summed E-state index contributed by atoms with van der Waals surface area (Å²) in [7, 11) is 1.77. The molecule has 0 aromatic carbocycles. The molecule has 0 saturated heterocycles. The van der Waals surface area contributed by atoms with Gasteiger partial charge in [-0.25, -0.2) is 4.98 Å². The molecule has 0 saturated carbocycles. The summed E-state index contributed by atoms with van der Waals surface area (Å²) in [6, 6.07) is 1.70. The Kier molecular flexibility index (Phi) is 3.16. The zero-order valence-corrected chi connectivity index (χ0v) is 11.4. The highest BCUT2D eigenvalue weighted by Crippen LogP contribution is 2.30. The number of pyridine rings is 1. The van der Waals surface area contributed by atoms with Gasteiger partial charge in [-0.05, 0) is 25.3 Å². The van der Waals surface area contributed by atoms with Crippen LogP contribution in [-0.2, 0) is 12.8 Å². The van der Waals surface area contributed by atoms with E-state index in [1.165, 1.54) is 11.3 Å². The van der Waals surface area contributed by atoms with Crippen LogP contribution in [-0.4, -0.2) is 22.9 Å². The highest BCUT2D eigenvalue weighted by Gasteiger charge is 2.19. The van der Waals surface area contributed by atoms with Crippen molar-refractivity contribution in [1.82, 2.24) is 9.97 Å². The minimum atomic E-state index is -0.154. The number of anilines is 2. The molecule has 1 amide bonds. The molecule has 1 aliphatic rings. The monoisotopic (exact) mass is 274 g/mol. The van der Waals surface area contributed by atoms with Crippen LogP contribution in [0.1, 0.15) is 27.3 Å². The number of aromatic nitrogens is 2. The first-order valence-corrected chi connectivity index (χ1v) is 7.01. The van der Waals surface area contributed by atoms with Gasteiger partial charge in [-0.1, -0.05) is 0 Å². The van der Waals surface area contributed by atoms with Crippen LogP contribution in [0.3, 0.4) is 0 Å². The second-order valence-corrected chi connectivity index (χ2v) is 5.45. The summed E-state index contributed by atoms with van der Waals surface area (Å²) in [6.07, 6.45) is 6.53. The Morgan fingerprint density at radius 3 is 3.11 bits per heavy atom. The maximum Gasteiger partial charge on any atom is 0.259 e. The van der Waals surface area contributed by atoms with Crippen molar-refractivity contribution in [2.24, 2.45) is 0 Å². The Morgan fingerprint density at radius 1 is 1.42 bits per heavy atom. The maximum atomic E-state index is 12.2. The van der Waals surface area contributed by atoms with Gasteiger partial charge in [0, 0.05) is 18.1 Å². The zero-order valence-electron chi connectivity index (χ0n) is 10.6. The van der Waals surface area contributed by atoms with Gasteiger partial charge in [0.15, 0.2) is 5.13 Å². The molecule has 0 radical (unpaired) electrons. The summed E-state index contributed by atoms with van der Waals surface area (Å²) in [4.78, 5) is 22.0. The van der Waals surface area contributed by atoms with Crippen LogP contribution < -0.4 is 10.6 Å². The Bertz CT molecular complexity index is 601. The molecule has 19 heavy (non-hydrogen) atoms. The number of nitrogens with zero attached hydrogens (tertiary/aromatic N) is 2. The van der Waals surface area contributed by atoms with Crippen molar-refractivity contribution in [3.63, 3.8) is 0 Å². The Balaban J connectivity index is 1.80. The van der Waals surface area contributed by atoms with E-state index in [4.69, 9.17) is 0 Å². The standard InChI is InChI=1S/C13H14N4OS/c1-14-10-7-15-6-5-8(10)12(18)17-13-16-9-3-2-4-11(9)19-13/h5-7,14H,2-4H2,1H3,(H,16,17,18). The lowest BCUT2D eigenvalue weighted by Crippen LogP contribution is -2.14. The molecule has 5 nitrogen and oxygen atoms in total. The summed E-state index contributed by atoms with van der Waals surface area (Å²) >= 11 is 1.58. The number of rotatable bonds is 3. The van der Waals surface area contributed by atoms with E-state index in [-0.39, 0.29) is 5.91 Å². The summed E-state index contributed by atoms with van der Waals surface area (Å²) in [5, 5.41) is 6.51. The molecule has 2 heterocycles. The number of fused-ring (bicyclic) bond motifs is 1. The predicted molar refractivity (Wildman–Crippen MR) is 75.9 cm³/mol. The number of carbonyl (C=O) groups excluding carboxylic acids is 1. The lowest BCUT2D eigenvalue weighted by molar-refractivity contribution is 0.102. The number of hydrogen-bond donors (Lipinski definition) is 2. The average Bonchev–Trinajstić information content (AvgIpc) is 2.99. The number of aryl methyl sites for hydroxylation is 2. The van der Waals surface area contributed by atoms with Crippen molar-refractivity contribution in [2.45, 2.75) is 19.3 Å². The number of carbonyl (C=O) groups is 1. The first kappa shape index (κ1) is 12.1. The van der Waals surface area contributed by atoms with E-state index >= 15 is 0 Å². The van der Waals surface area contributed by atoms with E-state index in [0.29, 0.717) is 16.4 Å². The quantitative estimate of drug-likeness (QED) is 0.901. The molecular formula is C13H14N4OS. The first-order valence-electron chi connectivity index (χ1n) is 6.19. The van der Waals surface area contributed by atoms with Gasteiger partial charge in [0.25, 0.3) is 5.91 Å². The summed E-state index contributed by atoms with van der Waals surface area (Å²) in [5.41, 5.74) is 2.43. The maximum absolute atomic E-state index is 12.2. The molecule has 0 atom stereocenters. The lowest BCUT2D eigenvalue weighted by atomic mass is 10.2. The normalized spacial score (nSPS) is 13.1. The van der Waals surface area contributed by atoms with Crippen LogP contribution in [0.25, 0.3) is 0 Å². The lowest BCUT2D eigenvalue weighted by Gasteiger charge is -2.07. The van der Waals surface area contributed by atoms with Crippen molar-refractivity contribution in [2.75, 3.05) is 17.7 Å². The first-order chi connectivity index (χ1) is 9.28. The molecule has 98 valence electrons. The molecule has 2 aromatic rings. The Labute approximate surface area is 115 Å². The molecular weight excluding hydrogens is 260 g/mol. The number of hydrogen-bond acceptors (Lipinski definition) is 5. The SMILES string of the molecule is CNc1cnccc1C(=O)Nc1nc2c(s1)CCC2. The van der Waals surface area contributed by atoms with Gasteiger partial charge >= 0.3 is 0 Å². The predicted octanol–water partition coefficient (Wildman–Crippen LogP) is 2.32. The average molecular weight is 274 g/mol. The fraction of sp³-hybridized carbons (Fsp3) is 0.308. The van der Waals surface area contributed by atoms with Gasteiger partial charge in [-0.2, -0.15) is 0 Å². The van der Waals surface area contributed by atoms with Crippen LogP contribution in [0.2, 0.25) is 0 Å². The third kappa shape index (κ3) is 2.31. The third-order valence-corrected chi connectivity index (χ3v) is 4.22. The molecule has 0 bridgehead atoms. The molecule has 1 aliphatic carbocycles. The minimum absolute atomic E-state index is 0.154. The molecule has 0 aliphatic heterocycles. The van der Waals surface area contributed by atoms with E-state index in [1.54, 1.807) is 36.8 Å². The van der Waals surface area contributed by atoms with Crippen LogP contribution >= 0.6 is 11.3 Å². The van der Waals surface area contributed by atoms with Crippen molar-refractivity contribution in [1.29, 1.82) is 0 Å². The van der Waals surface area contributed by atoms with E-state index in [0.717, 1.165) is 18.5 Å². The summed E-state index contributed by atoms with van der Waals surface area (Å²) in [6.45, 7) is 0. The van der Waals surface area contributed by atoms with Crippen molar-refractivity contribution < 1.29 is 4.79 Å². The van der Waals surface area contributed by atoms with Crippen LogP contribution in [0.5, 0.6) is 0 Å². The molecule has 2 aromatic heterocycles. The van der Waals surface area contributed by atoms with Gasteiger partial charge in [-0.3, -0.25) is 15.1 Å². The largest absolute Gasteiger partial charge is 0.386 e. The summed E-state index contributed by atoms with van der Waals surface area (Å²) < 4.78 is 0. The van der Waals surface area contributed by atoms with Gasteiger partial charge < -0.3 is 5.32 Å².